The van der Waals surface area contributed by atoms with Gasteiger partial charge in [-0.25, -0.2) is 9.80 Å². The number of carbonyl (C=O) groups excluding carboxylic acids is 4. The van der Waals surface area contributed by atoms with E-state index in [0.717, 1.165) is 15.5 Å². The molecule has 2 unspecified atom stereocenters. The van der Waals surface area contributed by atoms with E-state index < -0.39 is 48.5 Å². The van der Waals surface area contributed by atoms with Crippen LogP contribution in [0.2, 0.25) is 0 Å². The Balaban J connectivity index is 1.40. The van der Waals surface area contributed by atoms with E-state index in [1.54, 1.807) is 26.0 Å². The molecule has 168 valence electrons. The van der Waals surface area contributed by atoms with E-state index in [1.807, 2.05) is 17.5 Å². The standard InChI is InChI=1S/C21H22N4O6S/c1-3-21(2)19(28)24(20(29)22-21)11-18(27)31-12-17(26)25-14(15-6-4-8-30-15)10-13(23-25)16-7-5-9-32-16/h4-9,14H,3,10-12H2,1-2H3,(H,22,29). The van der Waals surface area contributed by atoms with Gasteiger partial charge in [0.05, 0.1) is 16.9 Å². The zero-order valence-electron chi connectivity index (χ0n) is 17.6. The lowest BCUT2D eigenvalue weighted by Crippen LogP contribution is -2.43. The van der Waals surface area contributed by atoms with E-state index in [1.165, 1.54) is 22.6 Å². The van der Waals surface area contributed by atoms with Gasteiger partial charge in [-0.2, -0.15) is 5.10 Å². The first-order valence-electron chi connectivity index (χ1n) is 10.1. The molecular formula is C21H22N4O6S. The Morgan fingerprint density at radius 3 is 2.78 bits per heavy atom. The van der Waals surface area contributed by atoms with Crippen molar-refractivity contribution < 1.29 is 28.3 Å². The van der Waals surface area contributed by atoms with Crippen molar-refractivity contribution in [2.24, 2.45) is 5.10 Å². The topological polar surface area (TPSA) is 122 Å². The summed E-state index contributed by atoms with van der Waals surface area (Å²) < 4.78 is 10.5. The Morgan fingerprint density at radius 2 is 2.16 bits per heavy atom. The fourth-order valence-electron chi connectivity index (χ4n) is 3.55. The first-order chi connectivity index (χ1) is 15.3. The van der Waals surface area contributed by atoms with Crippen LogP contribution in [0.3, 0.4) is 0 Å². The van der Waals surface area contributed by atoms with Gasteiger partial charge in [0.25, 0.3) is 11.8 Å². The second-order valence-corrected chi connectivity index (χ2v) is 8.61. The van der Waals surface area contributed by atoms with Crippen molar-refractivity contribution in [1.82, 2.24) is 15.2 Å². The Hall–Kier alpha value is -3.47. The number of thiophene rings is 1. The lowest BCUT2D eigenvalue weighted by molar-refractivity contribution is -0.154. The summed E-state index contributed by atoms with van der Waals surface area (Å²) in [5.74, 6) is -1.34. The molecule has 4 rings (SSSR count). The van der Waals surface area contributed by atoms with Crippen LogP contribution in [0.1, 0.15) is 43.4 Å². The zero-order valence-corrected chi connectivity index (χ0v) is 18.4. The fourth-order valence-corrected chi connectivity index (χ4v) is 4.27. The summed E-state index contributed by atoms with van der Waals surface area (Å²) >= 11 is 1.51. The fraction of sp³-hybridized carbons (Fsp3) is 0.381. The van der Waals surface area contributed by atoms with Crippen molar-refractivity contribution in [3.05, 3.63) is 46.5 Å². The van der Waals surface area contributed by atoms with Gasteiger partial charge < -0.3 is 14.5 Å². The Kier molecular flexibility index (Phi) is 5.83. The van der Waals surface area contributed by atoms with Gasteiger partial charge in [-0.05, 0) is 36.9 Å². The van der Waals surface area contributed by atoms with Crippen molar-refractivity contribution in [2.45, 2.75) is 38.3 Å². The average molecular weight is 458 g/mol. The van der Waals surface area contributed by atoms with Crippen molar-refractivity contribution >= 4 is 40.9 Å². The zero-order chi connectivity index (χ0) is 22.9. The lowest BCUT2D eigenvalue weighted by Gasteiger charge is -2.20. The Bertz CT molecular complexity index is 1060. The lowest BCUT2D eigenvalue weighted by atomic mass is 9.99. The number of amides is 4. The third kappa shape index (κ3) is 4.03. The summed E-state index contributed by atoms with van der Waals surface area (Å²) in [5, 5.41) is 10.2. The van der Waals surface area contributed by atoms with Crippen molar-refractivity contribution in [1.29, 1.82) is 0 Å². The third-order valence-corrected chi connectivity index (χ3v) is 6.46. The van der Waals surface area contributed by atoms with Crippen LogP contribution >= 0.6 is 11.3 Å². The molecule has 1 N–H and O–H groups in total. The van der Waals surface area contributed by atoms with Crippen LogP contribution in [0.15, 0.2) is 45.4 Å². The molecule has 0 aliphatic carbocycles. The number of hydrazone groups is 1. The summed E-state index contributed by atoms with van der Waals surface area (Å²) in [6, 6.07) is 6.18. The van der Waals surface area contributed by atoms with E-state index in [0.29, 0.717) is 18.6 Å². The molecule has 1 fully saturated rings. The van der Waals surface area contributed by atoms with E-state index in [9.17, 15) is 19.2 Å². The SMILES string of the molecule is CCC1(C)NC(=O)N(CC(=O)OCC(=O)N2N=C(c3cccs3)CC2c2ccco2)C1=O. The molecular weight excluding hydrogens is 436 g/mol. The average Bonchev–Trinajstić information content (AvgIpc) is 3.56. The first-order valence-corrected chi connectivity index (χ1v) is 11.0. The predicted octanol–water partition coefficient (Wildman–Crippen LogP) is 2.28. The van der Waals surface area contributed by atoms with Gasteiger partial charge in [-0.1, -0.05) is 13.0 Å². The van der Waals surface area contributed by atoms with E-state index in [4.69, 9.17) is 9.15 Å². The highest BCUT2D eigenvalue weighted by atomic mass is 32.1. The van der Waals surface area contributed by atoms with Crippen molar-refractivity contribution in [3.8, 4) is 0 Å². The normalized spacial score (nSPS) is 22.8. The summed E-state index contributed by atoms with van der Waals surface area (Å²) in [7, 11) is 0. The molecule has 10 nitrogen and oxygen atoms in total. The highest BCUT2D eigenvalue weighted by Crippen LogP contribution is 2.34. The highest BCUT2D eigenvalue weighted by Gasteiger charge is 2.47. The van der Waals surface area contributed by atoms with Gasteiger partial charge in [-0.15, -0.1) is 11.3 Å². The summed E-state index contributed by atoms with van der Waals surface area (Å²) in [4.78, 5) is 51.3. The molecule has 4 heterocycles. The van der Waals surface area contributed by atoms with Gasteiger partial charge in [0.1, 0.15) is 23.9 Å². The number of urea groups is 1. The number of esters is 1. The molecule has 0 bridgehead atoms. The summed E-state index contributed by atoms with van der Waals surface area (Å²) in [6.45, 7) is 2.20. The Morgan fingerprint density at radius 1 is 1.34 bits per heavy atom. The molecule has 2 aliphatic heterocycles. The van der Waals surface area contributed by atoms with Crippen LogP contribution in [0.5, 0.6) is 0 Å². The van der Waals surface area contributed by atoms with Gasteiger partial charge in [0.2, 0.25) is 0 Å². The number of furan rings is 1. The predicted molar refractivity (Wildman–Crippen MR) is 114 cm³/mol. The van der Waals surface area contributed by atoms with Crippen LogP contribution in [-0.4, -0.2) is 58.1 Å². The minimum atomic E-state index is -1.05. The van der Waals surface area contributed by atoms with Crippen LogP contribution in [0, 0.1) is 0 Å². The highest BCUT2D eigenvalue weighted by molar-refractivity contribution is 7.12. The smallest absolute Gasteiger partial charge is 0.326 e. The summed E-state index contributed by atoms with van der Waals surface area (Å²) in [5.41, 5.74) is -0.314. The number of nitrogens with zero attached hydrogens (tertiary/aromatic N) is 3. The molecule has 0 spiro atoms. The largest absolute Gasteiger partial charge is 0.467 e. The summed E-state index contributed by atoms with van der Waals surface area (Å²) in [6.07, 6.45) is 2.37. The molecule has 4 amide bonds. The van der Waals surface area contributed by atoms with Gasteiger partial charge >= 0.3 is 12.0 Å². The van der Waals surface area contributed by atoms with E-state index in [-0.39, 0.29) is 0 Å². The number of hydrogen-bond donors (Lipinski definition) is 1. The van der Waals surface area contributed by atoms with E-state index in [2.05, 4.69) is 10.4 Å². The molecule has 2 aromatic rings. The molecule has 2 aliphatic rings. The van der Waals surface area contributed by atoms with Gasteiger partial charge in [0, 0.05) is 6.42 Å². The molecule has 2 atom stereocenters. The van der Waals surface area contributed by atoms with Crippen LogP contribution < -0.4 is 5.32 Å². The van der Waals surface area contributed by atoms with Crippen molar-refractivity contribution in [2.75, 3.05) is 13.2 Å². The number of ether oxygens (including phenoxy) is 1. The van der Waals surface area contributed by atoms with Gasteiger partial charge in [-0.3, -0.25) is 19.3 Å². The molecule has 1 saturated heterocycles. The van der Waals surface area contributed by atoms with Crippen LogP contribution in [0.4, 0.5) is 4.79 Å². The number of rotatable bonds is 7. The van der Waals surface area contributed by atoms with Crippen LogP contribution in [-0.2, 0) is 19.1 Å². The molecule has 0 aromatic carbocycles. The Labute approximate surface area is 187 Å². The molecule has 32 heavy (non-hydrogen) atoms. The molecule has 11 heteroatoms. The number of imide groups is 1. The first kappa shape index (κ1) is 21.8. The third-order valence-electron chi connectivity index (χ3n) is 5.54. The quantitative estimate of drug-likeness (QED) is 0.502. The maximum atomic E-state index is 12.8. The maximum Gasteiger partial charge on any atom is 0.326 e. The molecule has 0 saturated carbocycles. The second-order valence-electron chi connectivity index (χ2n) is 7.67. The van der Waals surface area contributed by atoms with E-state index >= 15 is 0 Å². The minimum absolute atomic E-state index is 0.384. The second kappa shape index (κ2) is 8.58. The van der Waals surface area contributed by atoms with Crippen LogP contribution in [0.25, 0.3) is 0 Å². The maximum absolute atomic E-state index is 12.8. The number of nitrogens with one attached hydrogen (secondary N) is 1. The number of carbonyl (C=O) groups is 4. The molecule has 0 radical (unpaired) electrons. The minimum Gasteiger partial charge on any atom is -0.467 e. The monoisotopic (exact) mass is 458 g/mol. The molecule has 2 aromatic heterocycles. The number of hydrogen-bond acceptors (Lipinski definition) is 8. The van der Waals surface area contributed by atoms with Crippen molar-refractivity contribution in [3.63, 3.8) is 0 Å². The van der Waals surface area contributed by atoms with Gasteiger partial charge in [0.15, 0.2) is 6.61 Å².